The molecular weight excluding hydrogens is 200 g/mol. The molecule has 0 aliphatic carbocycles. The summed E-state index contributed by atoms with van der Waals surface area (Å²) in [4.78, 5) is 0. The second kappa shape index (κ2) is 5.26. The Morgan fingerprint density at radius 3 is 2.71 bits per heavy atom. The largest absolute Gasteiger partial charge is 0.361 e. The Hall–Kier alpha value is -0.680. The van der Waals surface area contributed by atoms with Crippen molar-refractivity contribution in [3.8, 4) is 0 Å². The van der Waals surface area contributed by atoms with Crippen LogP contribution in [-0.4, -0.2) is 21.7 Å². The lowest BCUT2D eigenvalue weighted by molar-refractivity contribution is 0.392. The average molecular weight is 216 g/mol. The van der Waals surface area contributed by atoms with Crippen LogP contribution in [0.25, 0.3) is 0 Å². The molecule has 4 nitrogen and oxygen atoms in total. The lowest BCUT2D eigenvalue weighted by atomic mass is 10.2. The summed E-state index contributed by atoms with van der Waals surface area (Å²) in [6.45, 7) is 4.30. The number of aromatic nitrogens is 1. The fourth-order valence-corrected chi connectivity index (χ4v) is 2.55. The molecule has 0 spiro atoms. The van der Waals surface area contributed by atoms with E-state index in [9.17, 15) is 4.21 Å². The molecular formula is C9H16N2O2S. The van der Waals surface area contributed by atoms with E-state index in [0.29, 0.717) is 18.1 Å². The molecule has 2 N–H and O–H groups in total. The van der Waals surface area contributed by atoms with E-state index in [2.05, 4.69) is 5.16 Å². The SMILES string of the molecule is Cc1noc(C)c1CS(=O)CCCN. The molecule has 0 saturated carbocycles. The third-order valence-electron chi connectivity index (χ3n) is 2.06. The Kier molecular flexibility index (Phi) is 4.28. The Morgan fingerprint density at radius 2 is 2.21 bits per heavy atom. The molecule has 1 atom stereocenters. The minimum Gasteiger partial charge on any atom is -0.361 e. The minimum absolute atomic E-state index is 0.529. The Balaban J connectivity index is 2.55. The third-order valence-corrected chi connectivity index (χ3v) is 3.42. The summed E-state index contributed by atoms with van der Waals surface area (Å²) in [5.74, 6) is 1.95. The van der Waals surface area contributed by atoms with Crippen LogP contribution in [0.3, 0.4) is 0 Å². The topological polar surface area (TPSA) is 69.1 Å². The van der Waals surface area contributed by atoms with E-state index < -0.39 is 10.8 Å². The molecule has 0 radical (unpaired) electrons. The molecule has 5 heteroatoms. The predicted molar refractivity (Wildman–Crippen MR) is 56.4 cm³/mol. The van der Waals surface area contributed by atoms with Gasteiger partial charge in [0, 0.05) is 22.1 Å². The normalized spacial score (nSPS) is 13.1. The summed E-state index contributed by atoms with van der Waals surface area (Å²) in [6.07, 6.45) is 0.802. The first-order valence-electron chi connectivity index (χ1n) is 4.62. The Bertz CT molecular complexity index is 303. The van der Waals surface area contributed by atoms with Crippen molar-refractivity contribution in [2.75, 3.05) is 12.3 Å². The van der Waals surface area contributed by atoms with Crippen LogP contribution in [0.4, 0.5) is 0 Å². The van der Waals surface area contributed by atoms with Crippen LogP contribution >= 0.6 is 0 Å². The van der Waals surface area contributed by atoms with E-state index in [-0.39, 0.29) is 0 Å². The first-order valence-corrected chi connectivity index (χ1v) is 6.10. The van der Waals surface area contributed by atoms with Gasteiger partial charge in [-0.25, -0.2) is 0 Å². The van der Waals surface area contributed by atoms with Crippen LogP contribution in [0.1, 0.15) is 23.4 Å². The van der Waals surface area contributed by atoms with E-state index in [0.717, 1.165) is 23.4 Å². The summed E-state index contributed by atoms with van der Waals surface area (Å²) < 4.78 is 16.6. The zero-order valence-electron chi connectivity index (χ0n) is 8.58. The summed E-state index contributed by atoms with van der Waals surface area (Å²) in [5, 5.41) is 3.82. The van der Waals surface area contributed by atoms with Gasteiger partial charge in [-0.2, -0.15) is 0 Å². The quantitative estimate of drug-likeness (QED) is 0.793. The van der Waals surface area contributed by atoms with Gasteiger partial charge in [0.05, 0.1) is 11.4 Å². The zero-order chi connectivity index (χ0) is 10.6. The van der Waals surface area contributed by atoms with Gasteiger partial charge in [0.2, 0.25) is 0 Å². The van der Waals surface area contributed by atoms with Gasteiger partial charge in [-0.3, -0.25) is 4.21 Å². The molecule has 14 heavy (non-hydrogen) atoms. The lowest BCUT2D eigenvalue weighted by Gasteiger charge is -2.00. The standard InChI is InChI=1S/C9H16N2O2S/c1-7-9(8(2)13-11-7)6-14(12)5-3-4-10/h3-6,10H2,1-2H3. The van der Waals surface area contributed by atoms with Crippen LogP contribution in [0.2, 0.25) is 0 Å². The molecule has 0 aliphatic rings. The van der Waals surface area contributed by atoms with Gasteiger partial charge in [-0.05, 0) is 26.8 Å². The van der Waals surface area contributed by atoms with Gasteiger partial charge in [-0.1, -0.05) is 5.16 Å². The average Bonchev–Trinajstić information content (AvgIpc) is 2.46. The molecule has 0 fully saturated rings. The van der Waals surface area contributed by atoms with Gasteiger partial charge in [0.1, 0.15) is 5.76 Å². The van der Waals surface area contributed by atoms with Crippen LogP contribution in [0.5, 0.6) is 0 Å². The number of nitrogens with two attached hydrogens (primary N) is 1. The van der Waals surface area contributed by atoms with Crippen molar-refractivity contribution in [3.63, 3.8) is 0 Å². The zero-order valence-corrected chi connectivity index (χ0v) is 9.39. The second-order valence-corrected chi connectivity index (χ2v) is 4.81. The summed E-state index contributed by atoms with van der Waals surface area (Å²) >= 11 is 0. The number of hydrogen-bond donors (Lipinski definition) is 1. The van der Waals surface area contributed by atoms with Crippen molar-refractivity contribution < 1.29 is 8.73 Å². The molecule has 1 aromatic heterocycles. The first-order chi connectivity index (χ1) is 6.65. The first kappa shape index (κ1) is 11.4. The smallest absolute Gasteiger partial charge is 0.138 e. The predicted octanol–water partition coefficient (Wildman–Crippen LogP) is 0.889. The molecule has 80 valence electrons. The monoisotopic (exact) mass is 216 g/mol. The van der Waals surface area contributed by atoms with Crippen molar-refractivity contribution in [2.24, 2.45) is 5.73 Å². The fraction of sp³-hybridized carbons (Fsp3) is 0.667. The van der Waals surface area contributed by atoms with Gasteiger partial charge in [0.15, 0.2) is 0 Å². The minimum atomic E-state index is -0.850. The molecule has 1 aromatic rings. The highest BCUT2D eigenvalue weighted by atomic mass is 32.2. The second-order valence-electron chi connectivity index (χ2n) is 3.23. The van der Waals surface area contributed by atoms with E-state index >= 15 is 0 Å². The van der Waals surface area contributed by atoms with Gasteiger partial charge >= 0.3 is 0 Å². The van der Waals surface area contributed by atoms with Crippen LogP contribution < -0.4 is 5.73 Å². The molecule has 1 unspecified atom stereocenters. The molecule has 1 rings (SSSR count). The highest BCUT2D eigenvalue weighted by Gasteiger charge is 2.11. The summed E-state index contributed by atoms with van der Waals surface area (Å²) in [6, 6.07) is 0. The molecule has 0 amide bonds. The van der Waals surface area contributed by atoms with E-state index in [4.69, 9.17) is 10.3 Å². The number of hydrogen-bond acceptors (Lipinski definition) is 4. The number of aryl methyl sites for hydroxylation is 2. The van der Waals surface area contributed by atoms with E-state index in [1.807, 2.05) is 13.8 Å². The number of nitrogens with zero attached hydrogens (tertiary/aromatic N) is 1. The molecule has 0 saturated heterocycles. The van der Waals surface area contributed by atoms with Crippen molar-refractivity contribution in [1.29, 1.82) is 0 Å². The number of rotatable bonds is 5. The molecule has 0 aromatic carbocycles. The highest BCUT2D eigenvalue weighted by Crippen LogP contribution is 2.14. The maximum atomic E-state index is 11.6. The van der Waals surface area contributed by atoms with Crippen molar-refractivity contribution in [2.45, 2.75) is 26.0 Å². The van der Waals surface area contributed by atoms with Crippen molar-refractivity contribution in [3.05, 3.63) is 17.0 Å². The highest BCUT2D eigenvalue weighted by molar-refractivity contribution is 7.84. The maximum absolute atomic E-state index is 11.6. The molecule has 0 bridgehead atoms. The van der Waals surface area contributed by atoms with Crippen LogP contribution in [0, 0.1) is 13.8 Å². The van der Waals surface area contributed by atoms with Gasteiger partial charge in [0.25, 0.3) is 0 Å². The van der Waals surface area contributed by atoms with Crippen LogP contribution in [0.15, 0.2) is 4.52 Å². The van der Waals surface area contributed by atoms with Gasteiger partial charge < -0.3 is 10.3 Å². The van der Waals surface area contributed by atoms with E-state index in [1.54, 1.807) is 0 Å². The molecule has 0 aliphatic heterocycles. The summed E-state index contributed by atoms with van der Waals surface area (Å²) in [5.41, 5.74) is 7.15. The lowest BCUT2D eigenvalue weighted by Crippen LogP contribution is -2.08. The molecule has 1 heterocycles. The summed E-state index contributed by atoms with van der Waals surface area (Å²) in [7, 11) is -0.850. The van der Waals surface area contributed by atoms with Crippen molar-refractivity contribution >= 4 is 10.8 Å². The van der Waals surface area contributed by atoms with E-state index in [1.165, 1.54) is 0 Å². The van der Waals surface area contributed by atoms with Gasteiger partial charge in [-0.15, -0.1) is 0 Å². The van der Waals surface area contributed by atoms with Crippen molar-refractivity contribution in [1.82, 2.24) is 5.16 Å². The Labute approximate surface area is 86.3 Å². The Morgan fingerprint density at radius 1 is 1.50 bits per heavy atom. The maximum Gasteiger partial charge on any atom is 0.138 e. The fourth-order valence-electron chi connectivity index (χ4n) is 1.19. The van der Waals surface area contributed by atoms with Crippen LogP contribution in [-0.2, 0) is 16.6 Å². The third kappa shape index (κ3) is 2.92.